The molecule has 2 aliphatic rings. The fraction of sp³-hybridized carbons (Fsp3) is 0.714. The zero-order valence-electron chi connectivity index (χ0n) is 12.8. The zero-order valence-corrected chi connectivity index (χ0v) is 12.8. The Morgan fingerprint density at radius 3 is 2.39 bits per heavy atom. The SMILES string of the molecule is CCCCN[C@@H]1[C@@H](O)[C@H](O)[C@@H](CO)OC1(O)N1C(=O)C=CC1=O. The molecular weight excluding hydrogens is 308 g/mol. The molecule has 0 aromatic rings. The number of ether oxygens (including phenoxy) is 1. The Bertz CT molecular complexity index is 480. The van der Waals surface area contributed by atoms with Crippen LogP contribution in [0.4, 0.5) is 0 Å². The van der Waals surface area contributed by atoms with Crippen LogP contribution in [0.3, 0.4) is 0 Å². The summed E-state index contributed by atoms with van der Waals surface area (Å²) < 4.78 is 5.25. The van der Waals surface area contributed by atoms with Crippen LogP contribution >= 0.6 is 0 Å². The van der Waals surface area contributed by atoms with E-state index in [4.69, 9.17) is 4.74 Å². The third kappa shape index (κ3) is 3.16. The van der Waals surface area contributed by atoms with Crippen molar-refractivity contribution in [3.63, 3.8) is 0 Å². The minimum atomic E-state index is -2.52. The lowest BCUT2D eigenvalue weighted by Gasteiger charge is -2.50. The van der Waals surface area contributed by atoms with E-state index in [0.717, 1.165) is 18.6 Å². The normalized spacial score (nSPS) is 37.7. The quantitative estimate of drug-likeness (QED) is 0.264. The van der Waals surface area contributed by atoms with E-state index in [2.05, 4.69) is 5.32 Å². The van der Waals surface area contributed by atoms with Crippen LogP contribution < -0.4 is 5.32 Å². The lowest BCUT2D eigenvalue weighted by atomic mass is 9.93. The number of carbonyl (C=O) groups excluding carboxylic acids is 2. The van der Waals surface area contributed by atoms with Crippen LogP contribution in [0.1, 0.15) is 19.8 Å². The van der Waals surface area contributed by atoms with E-state index in [-0.39, 0.29) is 0 Å². The van der Waals surface area contributed by atoms with E-state index in [9.17, 15) is 30.0 Å². The molecule has 0 spiro atoms. The highest BCUT2D eigenvalue weighted by Crippen LogP contribution is 2.33. The maximum Gasteiger partial charge on any atom is 0.277 e. The number of nitrogens with one attached hydrogen (secondary N) is 1. The largest absolute Gasteiger partial charge is 0.394 e. The predicted molar refractivity (Wildman–Crippen MR) is 76.6 cm³/mol. The van der Waals surface area contributed by atoms with Gasteiger partial charge >= 0.3 is 0 Å². The van der Waals surface area contributed by atoms with Crippen LogP contribution in [0, 0.1) is 0 Å². The molecular formula is C14H22N2O7. The van der Waals surface area contributed by atoms with E-state index < -0.39 is 48.7 Å². The van der Waals surface area contributed by atoms with E-state index in [0.29, 0.717) is 17.9 Å². The second kappa shape index (κ2) is 7.04. The molecule has 0 saturated carbocycles. The van der Waals surface area contributed by atoms with Gasteiger partial charge in [-0.1, -0.05) is 13.3 Å². The van der Waals surface area contributed by atoms with Crippen molar-refractivity contribution in [2.45, 2.75) is 50.0 Å². The second-order valence-electron chi connectivity index (χ2n) is 5.61. The molecule has 9 heteroatoms. The molecule has 23 heavy (non-hydrogen) atoms. The van der Waals surface area contributed by atoms with Crippen molar-refractivity contribution >= 4 is 11.8 Å². The van der Waals surface area contributed by atoms with Gasteiger partial charge in [0.1, 0.15) is 24.4 Å². The summed E-state index contributed by atoms with van der Waals surface area (Å²) in [5.74, 6) is -4.13. The molecule has 0 aromatic carbocycles. The maximum absolute atomic E-state index is 11.9. The number of rotatable bonds is 6. The first kappa shape index (κ1) is 18.0. The standard InChI is InChI=1S/C14H22N2O7/c1-2-3-6-15-13-12(21)11(20)8(7-17)23-14(13,22)16-9(18)4-5-10(16)19/h4-5,8,11-13,15,17,20-22H,2-3,6-7H2,1H3/t8-,11-,12+,13-,14?/m1/s1. The Labute approximate surface area is 133 Å². The Balaban J connectivity index is 2.33. The minimum Gasteiger partial charge on any atom is -0.394 e. The first-order valence-electron chi connectivity index (χ1n) is 7.53. The van der Waals surface area contributed by atoms with Crippen molar-refractivity contribution in [2.75, 3.05) is 13.2 Å². The number of aliphatic hydroxyl groups excluding tert-OH is 3. The van der Waals surface area contributed by atoms with E-state index in [1.54, 1.807) is 0 Å². The Morgan fingerprint density at radius 2 is 1.87 bits per heavy atom. The first-order valence-corrected chi connectivity index (χ1v) is 7.53. The number of unbranched alkanes of at least 4 members (excludes halogenated alkanes) is 1. The van der Waals surface area contributed by atoms with Gasteiger partial charge in [0.05, 0.1) is 6.61 Å². The number of carbonyl (C=O) groups is 2. The fourth-order valence-electron chi connectivity index (χ4n) is 2.75. The summed E-state index contributed by atoms with van der Waals surface area (Å²) in [6.45, 7) is 1.60. The minimum absolute atomic E-state index is 0.365. The van der Waals surface area contributed by atoms with Gasteiger partial charge in [0.25, 0.3) is 17.7 Å². The van der Waals surface area contributed by atoms with Crippen LogP contribution in [0.2, 0.25) is 0 Å². The second-order valence-corrected chi connectivity index (χ2v) is 5.61. The molecule has 0 radical (unpaired) electrons. The van der Waals surface area contributed by atoms with Gasteiger partial charge in [-0.2, -0.15) is 0 Å². The van der Waals surface area contributed by atoms with Crippen LogP contribution in [-0.2, 0) is 14.3 Å². The van der Waals surface area contributed by atoms with Crippen molar-refractivity contribution in [3.8, 4) is 0 Å². The van der Waals surface area contributed by atoms with Gasteiger partial charge in [-0.3, -0.25) is 9.59 Å². The lowest BCUT2D eigenvalue weighted by Crippen LogP contribution is -2.75. The number of hydrogen-bond acceptors (Lipinski definition) is 8. The number of imide groups is 1. The summed E-state index contributed by atoms with van der Waals surface area (Å²) in [5, 5.41) is 43.2. The molecule has 2 heterocycles. The smallest absolute Gasteiger partial charge is 0.277 e. The van der Waals surface area contributed by atoms with Crippen LogP contribution in [-0.4, -0.2) is 80.6 Å². The number of nitrogens with zero attached hydrogens (tertiary/aromatic N) is 1. The van der Waals surface area contributed by atoms with Crippen LogP contribution in [0.15, 0.2) is 12.2 Å². The van der Waals surface area contributed by atoms with Crippen LogP contribution in [0.5, 0.6) is 0 Å². The summed E-state index contributed by atoms with van der Waals surface area (Å²) in [5.41, 5.74) is 0. The van der Waals surface area contributed by atoms with Crippen molar-refractivity contribution < 1.29 is 34.8 Å². The van der Waals surface area contributed by atoms with Gasteiger partial charge in [-0.05, 0) is 13.0 Å². The molecule has 130 valence electrons. The topological polar surface area (TPSA) is 140 Å². The van der Waals surface area contributed by atoms with Gasteiger partial charge in [0, 0.05) is 12.2 Å². The molecule has 1 saturated heterocycles. The molecule has 2 aliphatic heterocycles. The lowest BCUT2D eigenvalue weighted by molar-refractivity contribution is -0.360. The highest BCUT2D eigenvalue weighted by molar-refractivity contribution is 6.13. The summed E-state index contributed by atoms with van der Waals surface area (Å²) in [6.07, 6.45) is -0.903. The van der Waals surface area contributed by atoms with Crippen molar-refractivity contribution in [1.82, 2.24) is 10.2 Å². The van der Waals surface area contributed by atoms with Gasteiger partial charge in [0.2, 0.25) is 0 Å². The third-order valence-corrected chi connectivity index (χ3v) is 4.01. The van der Waals surface area contributed by atoms with Crippen molar-refractivity contribution in [3.05, 3.63) is 12.2 Å². The molecule has 2 amide bonds. The highest BCUT2D eigenvalue weighted by atomic mass is 16.7. The van der Waals surface area contributed by atoms with Crippen LogP contribution in [0.25, 0.3) is 0 Å². The third-order valence-electron chi connectivity index (χ3n) is 4.01. The Morgan fingerprint density at radius 1 is 1.26 bits per heavy atom. The number of aliphatic hydroxyl groups is 4. The molecule has 2 rings (SSSR count). The molecule has 5 N–H and O–H groups in total. The highest BCUT2D eigenvalue weighted by Gasteiger charge is 2.59. The van der Waals surface area contributed by atoms with Gasteiger partial charge in [-0.25, -0.2) is 4.90 Å². The maximum atomic E-state index is 11.9. The average molecular weight is 330 g/mol. The summed E-state index contributed by atoms with van der Waals surface area (Å²) in [7, 11) is 0. The van der Waals surface area contributed by atoms with E-state index in [1.807, 2.05) is 6.92 Å². The molecule has 0 aromatic heterocycles. The monoisotopic (exact) mass is 330 g/mol. The molecule has 1 fully saturated rings. The first-order chi connectivity index (χ1) is 10.9. The molecule has 1 unspecified atom stereocenters. The van der Waals surface area contributed by atoms with E-state index in [1.165, 1.54) is 0 Å². The van der Waals surface area contributed by atoms with Gasteiger partial charge in [0.15, 0.2) is 0 Å². The summed E-state index contributed by atoms with van der Waals surface area (Å²) in [4.78, 5) is 24.3. The van der Waals surface area contributed by atoms with E-state index >= 15 is 0 Å². The fourth-order valence-corrected chi connectivity index (χ4v) is 2.75. The predicted octanol–water partition coefficient (Wildman–Crippen LogP) is -2.57. The summed E-state index contributed by atoms with van der Waals surface area (Å²) in [6, 6.07) is -1.32. The molecule has 5 atom stereocenters. The number of hydrogen-bond donors (Lipinski definition) is 5. The van der Waals surface area contributed by atoms with Crippen molar-refractivity contribution in [2.24, 2.45) is 0 Å². The average Bonchev–Trinajstić information content (AvgIpc) is 2.86. The number of amides is 2. The molecule has 0 aliphatic carbocycles. The Hall–Kier alpha value is -1.36. The van der Waals surface area contributed by atoms with Gasteiger partial charge in [-0.15, -0.1) is 0 Å². The molecule has 0 bridgehead atoms. The summed E-state index contributed by atoms with van der Waals surface area (Å²) >= 11 is 0. The Kier molecular flexibility index (Phi) is 5.50. The van der Waals surface area contributed by atoms with Gasteiger partial charge < -0.3 is 30.5 Å². The van der Waals surface area contributed by atoms with Crippen molar-refractivity contribution in [1.29, 1.82) is 0 Å². The zero-order chi connectivity index (χ0) is 17.2. The molecule has 9 nitrogen and oxygen atoms in total.